The molecule has 0 radical (unpaired) electrons. The van der Waals surface area contributed by atoms with Crippen molar-refractivity contribution in [3.8, 4) is 0 Å². The number of nitrogens with zero attached hydrogens (tertiary/aromatic N) is 1. The molecule has 0 saturated carbocycles. The molecule has 3 amide bonds. The molecule has 1 unspecified atom stereocenters. The van der Waals surface area contributed by atoms with Gasteiger partial charge < -0.3 is 15.4 Å². The zero-order chi connectivity index (χ0) is 21.6. The summed E-state index contributed by atoms with van der Waals surface area (Å²) >= 11 is 0. The largest absolute Gasteiger partial charge is 0.459 e. The zero-order valence-electron chi connectivity index (χ0n) is 17.9. The van der Waals surface area contributed by atoms with E-state index in [2.05, 4.69) is 10.6 Å². The van der Waals surface area contributed by atoms with Crippen LogP contribution < -0.4 is 10.6 Å². The highest BCUT2D eigenvalue weighted by Crippen LogP contribution is 2.32. The predicted molar refractivity (Wildman–Crippen MR) is 112 cm³/mol. The average molecular weight is 402 g/mol. The summed E-state index contributed by atoms with van der Waals surface area (Å²) in [6.45, 7) is 9.72. The van der Waals surface area contributed by atoms with Crippen molar-refractivity contribution in [2.45, 2.75) is 66.0 Å². The predicted octanol–water partition coefficient (Wildman–Crippen LogP) is 4.13. The molecule has 0 spiro atoms. The van der Waals surface area contributed by atoms with Crippen LogP contribution in [0, 0.1) is 0 Å². The number of rotatable bonds is 8. The molecule has 0 aliphatic carbocycles. The second-order valence-corrected chi connectivity index (χ2v) is 7.37. The normalized spacial score (nSPS) is 16.7. The monoisotopic (exact) mass is 401 g/mol. The molecule has 1 aromatic carbocycles. The van der Waals surface area contributed by atoms with Gasteiger partial charge >= 0.3 is 12.0 Å². The number of nitrogens with one attached hydrogen (secondary N) is 2. The Kier molecular flexibility index (Phi) is 7.82. The Balaban J connectivity index is 2.46. The van der Waals surface area contributed by atoms with Gasteiger partial charge in [-0.1, -0.05) is 32.4 Å². The number of hydrogen-bond donors (Lipinski definition) is 2. The Morgan fingerprint density at radius 1 is 1.28 bits per heavy atom. The van der Waals surface area contributed by atoms with Gasteiger partial charge in [-0.25, -0.2) is 9.59 Å². The zero-order valence-corrected chi connectivity index (χ0v) is 17.9. The lowest BCUT2D eigenvalue weighted by atomic mass is 9.94. The molecule has 158 valence electrons. The molecule has 0 fully saturated rings. The number of carbonyl (C=O) groups is 3. The molecule has 1 atom stereocenters. The van der Waals surface area contributed by atoms with E-state index >= 15 is 0 Å². The van der Waals surface area contributed by atoms with Gasteiger partial charge in [0.15, 0.2) is 0 Å². The fourth-order valence-corrected chi connectivity index (χ4v) is 3.20. The van der Waals surface area contributed by atoms with Crippen molar-refractivity contribution in [2.24, 2.45) is 0 Å². The minimum absolute atomic E-state index is 0.105. The molecule has 0 bridgehead atoms. The molecule has 1 aromatic rings. The lowest BCUT2D eigenvalue weighted by molar-refractivity contribution is -0.143. The van der Waals surface area contributed by atoms with Gasteiger partial charge in [0.05, 0.1) is 17.7 Å². The number of allylic oxidation sites excluding steroid dienone is 1. The first kappa shape index (κ1) is 22.5. The molecule has 1 heterocycles. The third-order valence-corrected chi connectivity index (χ3v) is 4.72. The molecule has 2 N–H and O–H groups in total. The molecule has 0 aromatic heterocycles. The van der Waals surface area contributed by atoms with Crippen LogP contribution in [-0.2, 0) is 14.3 Å². The number of amides is 3. The first-order valence-electron chi connectivity index (χ1n) is 10.2. The van der Waals surface area contributed by atoms with Crippen LogP contribution in [0.4, 0.5) is 10.5 Å². The molecule has 29 heavy (non-hydrogen) atoms. The van der Waals surface area contributed by atoms with Gasteiger partial charge in [-0.3, -0.25) is 9.69 Å². The van der Waals surface area contributed by atoms with E-state index in [4.69, 9.17) is 4.74 Å². The fourth-order valence-electron chi connectivity index (χ4n) is 3.20. The van der Waals surface area contributed by atoms with Crippen molar-refractivity contribution >= 4 is 23.6 Å². The fraction of sp³-hybridized carbons (Fsp3) is 0.500. The van der Waals surface area contributed by atoms with Crippen molar-refractivity contribution in [2.75, 3.05) is 11.9 Å². The molecule has 7 nitrogen and oxygen atoms in total. The first-order valence-corrected chi connectivity index (χ1v) is 10.2. The number of ether oxygens (including phenoxy) is 1. The standard InChI is InChI=1S/C22H31N3O4/c1-6-8-12-25-15(5)19(21(27)29-14(3)4)20(24-22(25)28)16-10-9-11-17(13-16)23-18(26)7-2/h9-11,13-14,20H,6-8,12H2,1-5H3,(H,23,26)(H,24,28). The number of unbranched alkanes of at least 4 members (excludes halogenated alkanes) is 1. The van der Waals surface area contributed by atoms with Gasteiger partial charge in [0.25, 0.3) is 0 Å². The van der Waals surface area contributed by atoms with Crippen LogP contribution in [-0.4, -0.2) is 35.5 Å². The highest BCUT2D eigenvalue weighted by Gasteiger charge is 2.36. The number of benzene rings is 1. The van der Waals surface area contributed by atoms with E-state index in [1.807, 2.05) is 13.0 Å². The van der Waals surface area contributed by atoms with Crippen molar-refractivity contribution < 1.29 is 19.1 Å². The SMILES string of the molecule is CCCCN1C(=O)NC(c2cccc(NC(=O)CC)c2)C(C(=O)OC(C)C)=C1C. The van der Waals surface area contributed by atoms with Crippen molar-refractivity contribution in [3.63, 3.8) is 0 Å². The highest BCUT2D eigenvalue weighted by molar-refractivity contribution is 5.95. The van der Waals surface area contributed by atoms with E-state index in [1.54, 1.807) is 50.8 Å². The first-order chi connectivity index (χ1) is 13.8. The van der Waals surface area contributed by atoms with Crippen LogP contribution in [0.5, 0.6) is 0 Å². The lowest BCUT2D eigenvalue weighted by Crippen LogP contribution is -2.48. The number of hydrogen-bond acceptors (Lipinski definition) is 4. The average Bonchev–Trinajstić information content (AvgIpc) is 2.66. The summed E-state index contributed by atoms with van der Waals surface area (Å²) in [6, 6.07) is 6.27. The summed E-state index contributed by atoms with van der Waals surface area (Å²) in [5.74, 6) is -0.557. The topological polar surface area (TPSA) is 87.7 Å². The molecule has 1 aliphatic rings. The lowest BCUT2D eigenvalue weighted by Gasteiger charge is -2.35. The number of esters is 1. The quantitative estimate of drug-likeness (QED) is 0.641. The second kappa shape index (κ2) is 10.1. The van der Waals surface area contributed by atoms with E-state index in [0.29, 0.717) is 35.5 Å². The van der Waals surface area contributed by atoms with Gasteiger partial charge in [-0.2, -0.15) is 0 Å². The second-order valence-electron chi connectivity index (χ2n) is 7.37. The third kappa shape index (κ3) is 5.59. The van der Waals surface area contributed by atoms with Gasteiger partial charge in [0.2, 0.25) is 5.91 Å². The third-order valence-electron chi connectivity index (χ3n) is 4.72. The van der Waals surface area contributed by atoms with Gasteiger partial charge in [0.1, 0.15) is 0 Å². The summed E-state index contributed by atoms with van der Waals surface area (Å²) in [6.07, 6.45) is 1.86. The Bertz CT molecular complexity index is 801. The van der Waals surface area contributed by atoms with E-state index in [9.17, 15) is 14.4 Å². The maximum atomic E-state index is 12.9. The van der Waals surface area contributed by atoms with E-state index in [-0.39, 0.29) is 18.0 Å². The maximum Gasteiger partial charge on any atom is 0.338 e. The Morgan fingerprint density at radius 3 is 2.62 bits per heavy atom. The van der Waals surface area contributed by atoms with Crippen molar-refractivity contribution in [3.05, 3.63) is 41.1 Å². The van der Waals surface area contributed by atoms with Crippen LogP contribution in [0.3, 0.4) is 0 Å². The van der Waals surface area contributed by atoms with E-state index in [0.717, 1.165) is 12.8 Å². The van der Waals surface area contributed by atoms with E-state index < -0.39 is 12.0 Å². The maximum absolute atomic E-state index is 12.9. The van der Waals surface area contributed by atoms with Gasteiger partial charge in [-0.15, -0.1) is 0 Å². The van der Waals surface area contributed by atoms with E-state index in [1.165, 1.54) is 0 Å². The molecule has 0 saturated heterocycles. The summed E-state index contributed by atoms with van der Waals surface area (Å²) in [5, 5.41) is 5.75. The molecular formula is C22H31N3O4. The van der Waals surface area contributed by atoms with Gasteiger partial charge in [-0.05, 0) is 44.9 Å². The van der Waals surface area contributed by atoms with Crippen LogP contribution in [0.1, 0.15) is 65.5 Å². The highest BCUT2D eigenvalue weighted by atomic mass is 16.5. The number of anilines is 1. The molecule has 1 aliphatic heterocycles. The number of carbonyl (C=O) groups excluding carboxylic acids is 3. The summed E-state index contributed by atoms with van der Waals surface area (Å²) in [4.78, 5) is 39.0. The Hall–Kier alpha value is -2.83. The van der Waals surface area contributed by atoms with Crippen LogP contribution in [0.25, 0.3) is 0 Å². The molecular weight excluding hydrogens is 370 g/mol. The Labute approximate surface area is 172 Å². The Morgan fingerprint density at radius 2 is 2.00 bits per heavy atom. The van der Waals surface area contributed by atoms with Crippen molar-refractivity contribution in [1.82, 2.24) is 10.2 Å². The minimum atomic E-state index is -0.648. The summed E-state index contributed by atoms with van der Waals surface area (Å²) < 4.78 is 5.47. The molecule has 2 rings (SSSR count). The van der Waals surface area contributed by atoms with Gasteiger partial charge in [0, 0.05) is 24.4 Å². The van der Waals surface area contributed by atoms with Crippen LogP contribution >= 0.6 is 0 Å². The molecule has 7 heteroatoms. The number of urea groups is 1. The van der Waals surface area contributed by atoms with Crippen LogP contribution in [0.15, 0.2) is 35.5 Å². The smallest absolute Gasteiger partial charge is 0.338 e. The minimum Gasteiger partial charge on any atom is -0.459 e. The summed E-state index contributed by atoms with van der Waals surface area (Å²) in [5.41, 5.74) is 2.33. The summed E-state index contributed by atoms with van der Waals surface area (Å²) in [7, 11) is 0. The van der Waals surface area contributed by atoms with Crippen LogP contribution in [0.2, 0.25) is 0 Å². The van der Waals surface area contributed by atoms with Crippen molar-refractivity contribution in [1.29, 1.82) is 0 Å².